The maximum absolute atomic E-state index is 9.03. The van der Waals surface area contributed by atoms with Crippen LogP contribution in [-0.2, 0) is 0 Å². The normalized spacial score (nSPS) is 13.2. The minimum atomic E-state index is 0.0835. The first-order valence-corrected chi connectivity index (χ1v) is 7.56. The standard InChI is InChI=1S/C15H20N4OS/c1-9-8-12(14(10(2)17-9)15(16)18-20)19(4)11(3)13-6-5-7-21-13/h5-8,11,20H,1-4H3,(H2,16,18). The number of amidine groups is 1. The van der Waals surface area contributed by atoms with Gasteiger partial charge in [-0.2, -0.15) is 0 Å². The number of rotatable bonds is 4. The Hall–Kier alpha value is -2.08. The van der Waals surface area contributed by atoms with Crippen molar-refractivity contribution in [2.75, 3.05) is 11.9 Å². The van der Waals surface area contributed by atoms with E-state index in [-0.39, 0.29) is 11.9 Å². The lowest BCUT2D eigenvalue weighted by molar-refractivity contribution is 0.318. The van der Waals surface area contributed by atoms with Gasteiger partial charge in [0.1, 0.15) is 0 Å². The lowest BCUT2D eigenvalue weighted by atomic mass is 10.1. The van der Waals surface area contributed by atoms with Crippen molar-refractivity contribution in [1.82, 2.24) is 4.98 Å². The highest BCUT2D eigenvalue weighted by Gasteiger charge is 2.20. The lowest BCUT2D eigenvalue weighted by Gasteiger charge is -2.29. The molecule has 0 aromatic carbocycles. The summed E-state index contributed by atoms with van der Waals surface area (Å²) >= 11 is 1.71. The molecule has 5 nitrogen and oxygen atoms in total. The molecular weight excluding hydrogens is 284 g/mol. The number of aromatic nitrogens is 1. The van der Waals surface area contributed by atoms with Gasteiger partial charge in [-0.05, 0) is 38.3 Å². The number of aryl methyl sites for hydroxylation is 2. The number of thiophene rings is 1. The maximum Gasteiger partial charge on any atom is 0.174 e. The predicted molar refractivity (Wildman–Crippen MR) is 87.4 cm³/mol. The average molecular weight is 304 g/mol. The summed E-state index contributed by atoms with van der Waals surface area (Å²) in [4.78, 5) is 7.80. The van der Waals surface area contributed by atoms with E-state index in [0.29, 0.717) is 5.56 Å². The molecule has 0 fully saturated rings. The van der Waals surface area contributed by atoms with Crippen LogP contribution in [0.5, 0.6) is 0 Å². The lowest BCUT2D eigenvalue weighted by Crippen LogP contribution is -2.26. The Balaban J connectivity index is 2.52. The van der Waals surface area contributed by atoms with Gasteiger partial charge < -0.3 is 15.8 Å². The molecule has 2 aromatic rings. The highest BCUT2D eigenvalue weighted by Crippen LogP contribution is 2.31. The first-order chi connectivity index (χ1) is 9.95. The van der Waals surface area contributed by atoms with E-state index in [1.807, 2.05) is 33.0 Å². The highest BCUT2D eigenvalue weighted by atomic mass is 32.1. The van der Waals surface area contributed by atoms with Crippen LogP contribution in [0.15, 0.2) is 28.7 Å². The fraction of sp³-hybridized carbons (Fsp3) is 0.333. The third-order valence-corrected chi connectivity index (χ3v) is 4.63. The van der Waals surface area contributed by atoms with Gasteiger partial charge in [0.2, 0.25) is 0 Å². The van der Waals surface area contributed by atoms with Crippen LogP contribution in [0.2, 0.25) is 0 Å². The molecule has 0 aliphatic carbocycles. The molecule has 0 saturated heterocycles. The Bertz CT molecular complexity index is 652. The maximum atomic E-state index is 9.03. The molecule has 2 aromatic heterocycles. The van der Waals surface area contributed by atoms with Gasteiger partial charge in [-0.15, -0.1) is 11.3 Å². The Morgan fingerprint density at radius 3 is 2.76 bits per heavy atom. The summed E-state index contributed by atoms with van der Waals surface area (Å²) in [7, 11) is 2.01. The molecule has 0 spiro atoms. The molecule has 0 aliphatic heterocycles. The van der Waals surface area contributed by atoms with E-state index in [1.54, 1.807) is 11.3 Å². The van der Waals surface area contributed by atoms with E-state index < -0.39 is 0 Å². The summed E-state index contributed by atoms with van der Waals surface area (Å²) in [6.45, 7) is 5.94. The summed E-state index contributed by atoms with van der Waals surface area (Å²) in [5, 5.41) is 14.2. The number of anilines is 1. The van der Waals surface area contributed by atoms with E-state index in [2.05, 4.69) is 33.4 Å². The molecule has 0 aliphatic rings. The first-order valence-electron chi connectivity index (χ1n) is 6.68. The molecule has 0 saturated carbocycles. The third-order valence-electron chi connectivity index (χ3n) is 3.59. The van der Waals surface area contributed by atoms with Crippen molar-refractivity contribution in [3.63, 3.8) is 0 Å². The van der Waals surface area contributed by atoms with Crippen LogP contribution in [0.3, 0.4) is 0 Å². The summed E-state index contributed by atoms with van der Waals surface area (Å²) in [5.74, 6) is 0.0835. The molecule has 2 rings (SSSR count). The van der Waals surface area contributed by atoms with Gasteiger partial charge in [0.05, 0.1) is 23.0 Å². The predicted octanol–water partition coefficient (Wildman–Crippen LogP) is 3.05. The monoisotopic (exact) mass is 304 g/mol. The molecule has 1 atom stereocenters. The van der Waals surface area contributed by atoms with Crippen LogP contribution in [0.4, 0.5) is 5.69 Å². The molecule has 112 valence electrons. The molecule has 6 heteroatoms. The largest absolute Gasteiger partial charge is 0.409 e. The summed E-state index contributed by atoms with van der Waals surface area (Å²) in [5.41, 5.74) is 9.09. The van der Waals surface area contributed by atoms with Gasteiger partial charge in [-0.25, -0.2) is 0 Å². The number of nitrogens with two attached hydrogens (primary N) is 1. The zero-order chi connectivity index (χ0) is 15.6. The van der Waals surface area contributed by atoms with Crippen molar-refractivity contribution in [1.29, 1.82) is 0 Å². The van der Waals surface area contributed by atoms with Crippen LogP contribution in [0.1, 0.15) is 34.8 Å². The molecule has 3 N–H and O–H groups in total. The van der Waals surface area contributed by atoms with E-state index >= 15 is 0 Å². The first kappa shape index (κ1) is 15.3. The van der Waals surface area contributed by atoms with Crippen molar-refractivity contribution < 1.29 is 5.21 Å². The third kappa shape index (κ3) is 3.00. The SMILES string of the molecule is Cc1cc(N(C)C(C)c2cccs2)c(/C(N)=N/O)c(C)n1. The number of oxime groups is 1. The van der Waals surface area contributed by atoms with Crippen LogP contribution >= 0.6 is 11.3 Å². The van der Waals surface area contributed by atoms with Crippen molar-refractivity contribution >= 4 is 22.9 Å². The van der Waals surface area contributed by atoms with Crippen molar-refractivity contribution in [2.24, 2.45) is 10.9 Å². The Morgan fingerprint density at radius 1 is 1.48 bits per heavy atom. The molecule has 0 amide bonds. The van der Waals surface area contributed by atoms with Gasteiger partial charge in [0.25, 0.3) is 0 Å². The minimum Gasteiger partial charge on any atom is -0.409 e. The second-order valence-electron chi connectivity index (χ2n) is 5.03. The quantitative estimate of drug-likeness (QED) is 0.394. The summed E-state index contributed by atoms with van der Waals surface area (Å²) in [6, 6.07) is 6.30. The summed E-state index contributed by atoms with van der Waals surface area (Å²) < 4.78 is 0. The minimum absolute atomic E-state index is 0.0835. The zero-order valence-corrected chi connectivity index (χ0v) is 13.5. The van der Waals surface area contributed by atoms with Crippen LogP contribution < -0.4 is 10.6 Å². The van der Waals surface area contributed by atoms with Crippen molar-refractivity contribution in [3.8, 4) is 0 Å². The Labute approximate surface area is 128 Å². The smallest absolute Gasteiger partial charge is 0.174 e. The van der Waals surface area contributed by atoms with E-state index in [1.165, 1.54) is 4.88 Å². The molecular formula is C15H20N4OS. The van der Waals surface area contributed by atoms with Crippen LogP contribution in [-0.4, -0.2) is 23.1 Å². The van der Waals surface area contributed by atoms with E-state index in [9.17, 15) is 0 Å². The number of pyridine rings is 1. The van der Waals surface area contributed by atoms with E-state index in [4.69, 9.17) is 10.9 Å². The number of nitrogens with zero attached hydrogens (tertiary/aromatic N) is 3. The van der Waals surface area contributed by atoms with E-state index in [0.717, 1.165) is 17.1 Å². The number of hydrogen-bond acceptors (Lipinski definition) is 5. The van der Waals surface area contributed by atoms with Crippen molar-refractivity contribution in [3.05, 3.63) is 45.4 Å². The molecule has 0 radical (unpaired) electrons. The van der Waals surface area contributed by atoms with Gasteiger partial charge in [0, 0.05) is 17.6 Å². The summed E-state index contributed by atoms with van der Waals surface area (Å²) in [6.07, 6.45) is 0. The molecule has 1 unspecified atom stereocenters. The van der Waals surface area contributed by atoms with Gasteiger partial charge in [-0.3, -0.25) is 4.98 Å². The van der Waals surface area contributed by atoms with Gasteiger partial charge in [-0.1, -0.05) is 11.2 Å². The number of hydrogen-bond donors (Lipinski definition) is 2. The Kier molecular flexibility index (Phi) is 4.47. The van der Waals surface area contributed by atoms with Gasteiger partial charge in [0.15, 0.2) is 5.84 Å². The fourth-order valence-electron chi connectivity index (χ4n) is 2.38. The molecule has 0 bridgehead atoms. The fourth-order valence-corrected chi connectivity index (χ4v) is 3.21. The van der Waals surface area contributed by atoms with Crippen LogP contribution in [0.25, 0.3) is 0 Å². The zero-order valence-electron chi connectivity index (χ0n) is 12.7. The molecule has 2 heterocycles. The Morgan fingerprint density at radius 2 is 2.19 bits per heavy atom. The van der Waals surface area contributed by atoms with Crippen molar-refractivity contribution in [2.45, 2.75) is 26.8 Å². The van der Waals surface area contributed by atoms with Gasteiger partial charge >= 0.3 is 0 Å². The average Bonchev–Trinajstić information content (AvgIpc) is 2.98. The highest BCUT2D eigenvalue weighted by molar-refractivity contribution is 7.10. The second-order valence-corrected chi connectivity index (χ2v) is 6.01. The molecule has 21 heavy (non-hydrogen) atoms. The second kappa shape index (κ2) is 6.13. The van der Waals surface area contributed by atoms with Crippen LogP contribution in [0, 0.1) is 13.8 Å². The topological polar surface area (TPSA) is 74.7 Å².